The van der Waals surface area contributed by atoms with Crippen LogP contribution in [0, 0.1) is 0 Å². The lowest BCUT2D eigenvalue weighted by molar-refractivity contribution is -0.109. The molecule has 0 aromatic rings. The Morgan fingerprint density at radius 3 is 2.67 bits per heavy atom. The van der Waals surface area contributed by atoms with Gasteiger partial charge in [-0.15, -0.1) is 0 Å². The minimum Gasteiger partial charge on any atom is -0.359 e. The molecule has 0 radical (unpaired) electrons. The summed E-state index contributed by atoms with van der Waals surface area (Å²) in [5, 5.41) is 3.67. The summed E-state index contributed by atoms with van der Waals surface area (Å²) in [4.78, 5) is 9.72. The van der Waals surface area contributed by atoms with Crippen molar-refractivity contribution < 1.29 is 4.79 Å². The maximum atomic E-state index is 9.72. The summed E-state index contributed by atoms with van der Waals surface area (Å²) in [5.74, 6) is 0. The quantitative estimate of drug-likeness (QED) is 0.385. The van der Waals surface area contributed by atoms with E-state index in [0.29, 0.717) is 0 Å². The predicted octanol–water partition coefficient (Wildman–Crippen LogP) is 1.30. The molecule has 0 saturated carbocycles. The highest BCUT2D eigenvalue weighted by molar-refractivity contribution is 9.09. The van der Waals surface area contributed by atoms with Crippen LogP contribution < -0.4 is 5.32 Å². The van der Waals surface area contributed by atoms with Crippen LogP contribution in [0.5, 0.6) is 0 Å². The zero-order valence-electron chi connectivity index (χ0n) is 5.40. The zero-order chi connectivity index (χ0) is 6.95. The molecule has 54 valence electrons. The SMILES string of the molecule is O=CNCCCCCBr. The largest absolute Gasteiger partial charge is 0.359 e. The lowest BCUT2D eigenvalue weighted by atomic mass is 10.2. The van der Waals surface area contributed by atoms with Gasteiger partial charge >= 0.3 is 0 Å². The van der Waals surface area contributed by atoms with E-state index in [0.717, 1.165) is 24.7 Å². The Labute approximate surface area is 64.1 Å². The van der Waals surface area contributed by atoms with Crippen molar-refractivity contribution in [3.8, 4) is 0 Å². The number of nitrogens with one attached hydrogen (secondary N) is 1. The molecule has 3 heteroatoms. The Bertz CT molecular complexity index is 68.1. The van der Waals surface area contributed by atoms with Gasteiger partial charge in [-0.2, -0.15) is 0 Å². The Morgan fingerprint density at radius 2 is 2.11 bits per heavy atom. The summed E-state index contributed by atoms with van der Waals surface area (Å²) in [6, 6.07) is 0. The highest BCUT2D eigenvalue weighted by atomic mass is 79.9. The first-order chi connectivity index (χ1) is 4.41. The summed E-state index contributed by atoms with van der Waals surface area (Å²) in [5.41, 5.74) is 0. The third-order valence-electron chi connectivity index (χ3n) is 1.04. The molecule has 1 N–H and O–H groups in total. The van der Waals surface area contributed by atoms with Crippen LogP contribution in [0.3, 0.4) is 0 Å². The summed E-state index contributed by atoms with van der Waals surface area (Å²) < 4.78 is 0. The van der Waals surface area contributed by atoms with Crippen molar-refractivity contribution in [1.29, 1.82) is 0 Å². The highest BCUT2D eigenvalue weighted by Gasteiger charge is 1.84. The van der Waals surface area contributed by atoms with Crippen LogP contribution in [-0.2, 0) is 4.79 Å². The van der Waals surface area contributed by atoms with Crippen LogP contribution in [0.2, 0.25) is 0 Å². The molecule has 1 amide bonds. The van der Waals surface area contributed by atoms with E-state index in [1.807, 2.05) is 0 Å². The van der Waals surface area contributed by atoms with Gasteiger partial charge in [0.15, 0.2) is 0 Å². The Balaban J connectivity index is 2.66. The standard InChI is InChI=1S/C6H12BrNO/c7-4-2-1-3-5-8-6-9/h6H,1-5H2,(H,8,9). The second-order valence-corrected chi connectivity index (χ2v) is 2.61. The lowest BCUT2D eigenvalue weighted by Crippen LogP contribution is -2.11. The van der Waals surface area contributed by atoms with Gasteiger partial charge in [-0.05, 0) is 12.8 Å². The van der Waals surface area contributed by atoms with Gasteiger partial charge < -0.3 is 5.32 Å². The monoisotopic (exact) mass is 193 g/mol. The van der Waals surface area contributed by atoms with Crippen LogP contribution >= 0.6 is 15.9 Å². The molecule has 0 aromatic heterocycles. The fraction of sp³-hybridized carbons (Fsp3) is 0.833. The van der Waals surface area contributed by atoms with Gasteiger partial charge in [-0.1, -0.05) is 22.4 Å². The van der Waals surface area contributed by atoms with E-state index in [1.54, 1.807) is 0 Å². The van der Waals surface area contributed by atoms with Crippen LogP contribution in [0.4, 0.5) is 0 Å². The number of carbonyl (C=O) groups excluding carboxylic acids is 1. The molecular weight excluding hydrogens is 182 g/mol. The van der Waals surface area contributed by atoms with Gasteiger partial charge in [0.1, 0.15) is 0 Å². The summed E-state index contributed by atoms with van der Waals surface area (Å²) in [7, 11) is 0. The molecule has 0 fully saturated rings. The zero-order valence-corrected chi connectivity index (χ0v) is 6.99. The molecule has 0 bridgehead atoms. The molecular formula is C6H12BrNO. The van der Waals surface area contributed by atoms with E-state index in [9.17, 15) is 4.79 Å². The van der Waals surface area contributed by atoms with Crippen molar-refractivity contribution in [2.45, 2.75) is 19.3 Å². The summed E-state index contributed by atoms with van der Waals surface area (Å²) in [6.07, 6.45) is 4.21. The van der Waals surface area contributed by atoms with Gasteiger partial charge in [0.25, 0.3) is 0 Å². The smallest absolute Gasteiger partial charge is 0.207 e. The van der Waals surface area contributed by atoms with E-state index >= 15 is 0 Å². The van der Waals surface area contributed by atoms with Crippen molar-refractivity contribution in [3.63, 3.8) is 0 Å². The highest BCUT2D eigenvalue weighted by Crippen LogP contribution is 1.96. The topological polar surface area (TPSA) is 29.1 Å². The minimum absolute atomic E-state index is 0.744. The first kappa shape index (κ1) is 8.95. The number of hydrogen-bond donors (Lipinski definition) is 1. The van der Waals surface area contributed by atoms with Gasteiger partial charge in [0.2, 0.25) is 6.41 Å². The van der Waals surface area contributed by atoms with E-state index in [4.69, 9.17) is 0 Å². The average Bonchev–Trinajstić information content (AvgIpc) is 1.89. The fourth-order valence-corrected chi connectivity index (χ4v) is 0.954. The van der Waals surface area contributed by atoms with Crippen molar-refractivity contribution in [2.24, 2.45) is 0 Å². The second-order valence-electron chi connectivity index (χ2n) is 1.82. The molecule has 0 aliphatic carbocycles. The third kappa shape index (κ3) is 7.95. The summed E-state index contributed by atoms with van der Waals surface area (Å²) >= 11 is 3.33. The van der Waals surface area contributed by atoms with E-state index < -0.39 is 0 Å². The number of amides is 1. The van der Waals surface area contributed by atoms with Crippen molar-refractivity contribution in [1.82, 2.24) is 5.32 Å². The molecule has 0 aliphatic heterocycles. The van der Waals surface area contributed by atoms with Crippen LogP contribution in [0.15, 0.2) is 0 Å². The Morgan fingerprint density at radius 1 is 1.33 bits per heavy atom. The van der Waals surface area contributed by atoms with E-state index in [1.165, 1.54) is 12.8 Å². The first-order valence-corrected chi connectivity index (χ1v) is 4.27. The molecule has 0 aliphatic rings. The van der Waals surface area contributed by atoms with Gasteiger partial charge in [-0.25, -0.2) is 0 Å². The Kier molecular flexibility index (Phi) is 7.91. The molecule has 0 heterocycles. The first-order valence-electron chi connectivity index (χ1n) is 3.15. The normalized spacial score (nSPS) is 9.00. The number of carbonyl (C=O) groups is 1. The van der Waals surface area contributed by atoms with Gasteiger partial charge in [0.05, 0.1) is 0 Å². The number of alkyl halides is 1. The van der Waals surface area contributed by atoms with Crippen molar-refractivity contribution in [2.75, 3.05) is 11.9 Å². The molecule has 9 heavy (non-hydrogen) atoms. The molecule has 0 rings (SSSR count). The maximum absolute atomic E-state index is 9.72. The van der Waals surface area contributed by atoms with E-state index in [-0.39, 0.29) is 0 Å². The van der Waals surface area contributed by atoms with Crippen LogP contribution in [0.1, 0.15) is 19.3 Å². The van der Waals surface area contributed by atoms with Crippen molar-refractivity contribution in [3.05, 3.63) is 0 Å². The number of halogens is 1. The number of rotatable bonds is 6. The van der Waals surface area contributed by atoms with Gasteiger partial charge in [0, 0.05) is 11.9 Å². The van der Waals surface area contributed by atoms with Gasteiger partial charge in [-0.3, -0.25) is 4.79 Å². The molecule has 0 unspecified atom stereocenters. The predicted molar refractivity (Wildman–Crippen MR) is 41.7 cm³/mol. The Hall–Kier alpha value is -0.0500. The maximum Gasteiger partial charge on any atom is 0.207 e. The van der Waals surface area contributed by atoms with Crippen LogP contribution in [-0.4, -0.2) is 18.3 Å². The summed E-state index contributed by atoms with van der Waals surface area (Å²) in [6.45, 7) is 0.816. The average molecular weight is 194 g/mol. The lowest BCUT2D eigenvalue weighted by Gasteiger charge is -1.95. The minimum atomic E-state index is 0.744. The fourth-order valence-electron chi connectivity index (χ4n) is 0.557. The molecule has 0 aromatic carbocycles. The molecule has 0 atom stereocenters. The molecule has 0 saturated heterocycles. The van der Waals surface area contributed by atoms with E-state index in [2.05, 4.69) is 21.2 Å². The third-order valence-corrected chi connectivity index (χ3v) is 1.60. The van der Waals surface area contributed by atoms with Crippen molar-refractivity contribution >= 4 is 22.3 Å². The molecule has 0 spiro atoms. The number of unbranched alkanes of at least 4 members (excludes halogenated alkanes) is 2. The van der Waals surface area contributed by atoms with Crippen LogP contribution in [0.25, 0.3) is 0 Å². The molecule has 2 nitrogen and oxygen atoms in total. The second kappa shape index (κ2) is 7.95. The number of hydrogen-bond acceptors (Lipinski definition) is 1.